The molecule has 104 valence electrons. The van der Waals surface area contributed by atoms with Crippen LogP contribution < -0.4 is 4.74 Å². The van der Waals surface area contributed by atoms with Crippen LogP contribution in [0.1, 0.15) is 26.3 Å². The maximum atomic E-state index is 13.6. The predicted octanol–water partition coefficient (Wildman–Crippen LogP) is 3.61. The van der Waals surface area contributed by atoms with Crippen LogP contribution in [0.15, 0.2) is 18.2 Å². The van der Waals surface area contributed by atoms with Gasteiger partial charge in [0.25, 0.3) is 0 Å². The molecule has 0 bridgehead atoms. The van der Waals surface area contributed by atoms with Crippen molar-refractivity contribution in [3.8, 4) is 17.6 Å². The predicted molar refractivity (Wildman–Crippen MR) is 75.2 cm³/mol. The summed E-state index contributed by atoms with van der Waals surface area (Å²) < 4.78 is 24.5. The zero-order valence-electron chi connectivity index (χ0n) is 11.4. The van der Waals surface area contributed by atoms with Crippen molar-refractivity contribution in [1.29, 1.82) is 0 Å². The lowest BCUT2D eigenvalue weighted by Crippen LogP contribution is -2.22. The van der Waals surface area contributed by atoms with Gasteiger partial charge in [-0.2, -0.15) is 0 Å². The summed E-state index contributed by atoms with van der Waals surface area (Å²) in [5.41, 5.74) is 0.120. The fraction of sp³-hybridized carbons (Fsp3) is 0.467. The molecule has 0 aliphatic heterocycles. The van der Waals surface area contributed by atoms with Crippen molar-refractivity contribution in [3.05, 3.63) is 29.6 Å². The zero-order valence-corrected chi connectivity index (χ0v) is 12.2. The lowest BCUT2D eigenvalue weighted by Gasteiger charge is -2.19. The SMILES string of the molecule is CC(C)(C)OCCOc1ccc(C#CCCl)c(F)c1. The second kappa shape index (κ2) is 7.37. The Morgan fingerprint density at radius 3 is 2.58 bits per heavy atom. The number of hydrogen-bond acceptors (Lipinski definition) is 2. The lowest BCUT2D eigenvalue weighted by molar-refractivity contribution is -0.0163. The van der Waals surface area contributed by atoms with E-state index in [0.29, 0.717) is 24.5 Å². The molecule has 1 aromatic carbocycles. The van der Waals surface area contributed by atoms with Crippen molar-refractivity contribution in [1.82, 2.24) is 0 Å². The molecule has 4 heteroatoms. The van der Waals surface area contributed by atoms with Gasteiger partial charge in [0.2, 0.25) is 0 Å². The molecule has 2 nitrogen and oxygen atoms in total. The van der Waals surface area contributed by atoms with Gasteiger partial charge in [0, 0.05) is 6.07 Å². The highest BCUT2D eigenvalue weighted by molar-refractivity contribution is 6.19. The van der Waals surface area contributed by atoms with Crippen molar-refractivity contribution in [2.45, 2.75) is 26.4 Å². The third-order valence-corrected chi connectivity index (χ3v) is 2.25. The number of benzene rings is 1. The standard InChI is InChI=1S/C15H18ClFO2/c1-15(2,3)19-10-9-18-13-7-6-12(5-4-8-16)14(17)11-13/h6-7,11H,8-10H2,1-3H3. The zero-order chi connectivity index (χ0) is 14.3. The van der Waals surface area contributed by atoms with E-state index in [1.54, 1.807) is 12.1 Å². The summed E-state index contributed by atoms with van der Waals surface area (Å²) in [6.07, 6.45) is 0. The summed E-state index contributed by atoms with van der Waals surface area (Å²) in [6, 6.07) is 4.57. The average Bonchev–Trinajstić information content (AvgIpc) is 2.32. The van der Waals surface area contributed by atoms with Crippen LogP contribution in [0.2, 0.25) is 0 Å². The molecule has 0 amide bonds. The van der Waals surface area contributed by atoms with E-state index in [2.05, 4.69) is 11.8 Å². The van der Waals surface area contributed by atoms with E-state index < -0.39 is 5.82 Å². The molecule has 0 aliphatic carbocycles. The Bertz CT molecular complexity index is 469. The van der Waals surface area contributed by atoms with E-state index in [0.717, 1.165) is 0 Å². The molecule has 1 rings (SSSR count). The van der Waals surface area contributed by atoms with Crippen molar-refractivity contribution in [2.75, 3.05) is 19.1 Å². The van der Waals surface area contributed by atoms with Gasteiger partial charge in [-0.3, -0.25) is 0 Å². The van der Waals surface area contributed by atoms with Gasteiger partial charge >= 0.3 is 0 Å². The highest BCUT2D eigenvalue weighted by Gasteiger charge is 2.09. The highest BCUT2D eigenvalue weighted by atomic mass is 35.5. The van der Waals surface area contributed by atoms with Gasteiger partial charge in [-0.05, 0) is 32.9 Å². The first kappa shape index (κ1) is 15.8. The van der Waals surface area contributed by atoms with E-state index in [4.69, 9.17) is 21.1 Å². The minimum Gasteiger partial charge on any atom is -0.491 e. The third kappa shape index (κ3) is 6.47. The molecule has 0 aliphatic rings. The van der Waals surface area contributed by atoms with Crippen molar-refractivity contribution in [2.24, 2.45) is 0 Å². The van der Waals surface area contributed by atoms with Crippen molar-refractivity contribution >= 4 is 11.6 Å². The number of halogens is 2. The number of hydrogen-bond donors (Lipinski definition) is 0. The second-order valence-corrected chi connectivity index (χ2v) is 5.15. The monoisotopic (exact) mass is 284 g/mol. The van der Waals surface area contributed by atoms with Crippen molar-refractivity contribution in [3.63, 3.8) is 0 Å². The minimum absolute atomic E-state index is 0.182. The van der Waals surface area contributed by atoms with E-state index in [1.807, 2.05) is 20.8 Å². The summed E-state index contributed by atoms with van der Waals surface area (Å²) in [5.74, 6) is 5.48. The highest BCUT2D eigenvalue weighted by Crippen LogP contribution is 2.16. The molecule has 0 radical (unpaired) electrons. The smallest absolute Gasteiger partial charge is 0.142 e. The number of rotatable bonds is 4. The molecule has 19 heavy (non-hydrogen) atoms. The van der Waals surface area contributed by atoms with Gasteiger partial charge in [-0.15, -0.1) is 11.6 Å². The quantitative estimate of drug-likeness (QED) is 0.478. The molecule has 0 aromatic heterocycles. The largest absolute Gasteiger partial charge is 0.491 e. The Morgan fingerprint density at radius 2 is 2.00 bits per heavy atom. The van der Waals surface area contributed by atoms with E-state index in [-0.39, 0.29) is 11.5 Å². The Hall–Kier alpha value is -1.24. The second-order valence-electron chi connectivity index (χ2n) is 4.89. The molecule has 0 atom stereocenters. The molecule has 0 spiro atoms. The molecule has 0 unspecified atom stereocenters. The van der Waals surface area contributed by atoms with Crippen LogP contribution in [0.3, 0.4) is 0 Å². The van der Waals surface area contributed by atoms with E-state index >= 15 is 0 Å². The summed E-state index contributed by atoms with van der Waals surface area (Å²) in [7, 11) is 0. The van der Waals surface area contributed by atoms with Crippen LogP contribution in [-0.2, 0) is 4.74 Å². The van der Waals surface area contributed by atoms with Gasteiger partial charge < -0.3 is 9.47 Å². The van der Waals surface area contributed by atoms with Gasteiger partial charge in [-0.25, -0.2) is 4.39 Å². The number of alkyl halides is 1. The molecule has 0 fully saturated rings. The topological polar surface area (TPSA) is 18.5 Å². The van der Waals surface area contributed by atoms with Crippen LogP contribution in [0.4, 0.5) is 4.39 Å². The Morgan fingerprint density at radius 1 is 1.26 bits per heavy atom. The third-order valence-electron chi connectivity index (χ3n) is 2.12. The van der Waals surface area contributed by atoms with Gasteiger partial charge in [0.15, 0.2) is 0 Å². The van der Waals surface area contributed by atoms with Crippen LogP contribution in [0.25, 0.3) is 0 Å². The fourth-order valence-electron chi connectivity index (χ4n) is 1.32. The summed E-state index contributed by atoms with van der Waals surface area (Å²) >= 11 is 5.42. The normalized spacial score (nSPS) is 10.8. The van der Waals surface area contributed by atoms with Gasteiger partial charge in [-0.1, -0.05) is 11.8 Å². The van der Waals surface area contributed by atoms with Crippen LogP contribution in [0.5, 0.6) is 5.75 Å². The van der Waals surface area contributed by atoms with Crippen LogP contribution in [-0.4, -0.2) is 24.7 Å². The lowest BCUT2D eigenvalue weighted by atomic mass is 10.2. The fourth-order valence-corrected chi connectivity index (χ4v) is 1.39. The number of ether oxygens (including phenoxy) is 2. The molecule has 0 saturated carbocycles. The minimum atomic E-state index is -0.410. The molecule has 0 heterocycles. The maximum Gasteiger partial charge on any atom is 0.142 e. The molecule has 0 saturated heterocycles. The van der Waals surface area contributed by atoms with Gasteiger partial charge in [0.05, 0.1) is 23.7 Å². The maximum absolute atomic E-state index is 13.6. The Balaban J connectivity index is 2.50. The Kier molecular flexibility index (Phi) is 6.14. The first-order valence-corrected chi connectivity index (χ1v) is 6.57. The first-order valence-electron chi connectivity index (χ1n) is 6.03. The van der Waals surface area contributed by atoms with E-state index in [1.165, 1.54) is 6.07 Å². The summed E-state index contributed by atoms with van der Waals surface area (Å²) in [5, 5.41) is 0. The molecule has 1 aromatic rings. The summed E-state index contributed by atoms with van der Waals surface area (Å²) in [6.45, 7) is 6.74. The summed E-state index contributed by atoms with van der Waals surface area (Å²) in [4.78, 5) is 0. The van der Waals surface area contributed by atoms with Crippen LogP contribution in [0, 0.1) is 17.7 Å². The van der Waals surface area contributed by atoms with Crippen LogP contribution >= 0.6 is 11.6 Å². The van der Waals surface area contributed by atoms with E-state index in [9.17, 15) is 4.39 Å². The Labute approximate surface area is 118 Å². The molecular formula is C15H18ClFO2. The van der Waals surface area contributed by atoms with Crippen molar-refractivity contribution < 1.29 is 13.9 Å². The first-order chi connectivity index (χ1) is 8.92. The average molecular weight is 285 g/mol. The van der Waals surface area contributed by atoms with Gasteiger partial charge in [0.1, 0.15) is 18.2 Å². The molecule has 0 N–H and O–H groups in total. The molecular weight excluding hydrogens is 267 g/mol.